The van der Waals surface area contributed by atoms with E-state index in [9.17, 15) is 9.59 Å². The zero-order valence-corrected chi connectivity index (χ0v) is 17.9. The molecule has 1 aromatic heterocycles. The zero-order valence-electron chi connectivity index (χ0n) is 17.1. The summed E-state index contributed by atoms with van der Waals surface area (Å²) in [6.45, 7) is 3.39. The zero-order chi connectivity index (χ0) is 21.7. The Morgan fingerprint density at radius 1 is 1.10 bits per heavy atom. The van der Waals surface area contributed by atoms with Crippen LogP contribution in [0.2, 0.25) is 5.02 Å². The number of carbonyl (C=O) groups is 2. The van der Waals surface area contributed by atoms with E-state index in [4.69, 9.17) is 21.1 Å². The Morgan fingerprint density at radius 2 is 1.83 bits per heavy atom. The number of carbonyl (C=O) groups excluding carboxylic acids is 2. The summed E-state index contributed by atoms with van der Waals surface area (Å²) in [6, 6.07) is 12.5. The van der Waals surface area contributed by atoms with Crippen LogP contribution in [-0.4, -0.2) is 23.8 Å². The maximum Gasteiger partial charge on any atom is 0.224 e. The number of methoxy groups -OCH3 is 1. The Kier molecular flexibility index (Phi) is 6.90. The number of halogens is 1. The molecule has 0 saturated heterocycles. The van der Waals surface area contributed by atoms with Crippen molar-refractivity contribution in [2.45, 2.75) is 33.1 Å². The number of amides is 1. The SMILES string of the molecule is COc1cc(NC(=O)CCCC(C)=O)c2nc(C)ccc2c1Oc1ccc(Cl)cc1. The van der Waals surface area contributed by atoms with E-state index < -0.39 is 0 Å². The number of rotatable bonds is 8. The van der Waals surface area contributed by atoms with Crippen molar-refractivity contribution in [2.24, 2.45) is 0 Å². The highest BCUT2D eigenvalue weighted by atomic mass is 35.5. The maximum atomic E-state index is 12.4. The van der Waals surface area contributed by atoms with Crippen LogP contribution in [0.25, 0.3) is 10.9 Å². The quantitative estimate of drug-likeness (QED) is 0.500. The highest BCUT2D eigenvalue weighted by molar-refractivity contribution is 6.30. The van der Waals surface area contributed by atoms with Crippen molar-refractivity contribution in [3.63, 3.8) is 0 Å². The minimum atomic E-state index is -0.186. The van der Waals surface area contributed by atoms with Gasteiger partial charge in [0.05, 0.1) is 18.3 Å². The molecule has 0 fully saturated rings. The largest absolute Gasteiger partial charge is 0.493 e. The van der Waals surface area contributed by atoms with Crippen molar-refractivity contribution in [1.82, 2.24) is 4.98 Å². The van der Waals surface area contributed by atoms with Crippen molar-refractivity contribution >= 4 is 39.9 Å². The molecule has 2 aromatic carbocycles. The molecule has 0 atom stereocenters. The standard InChI is InChI=1S/C23H23ClN2O4/c1-14-7-12-18-22(25-14)19(26-21(28)6-4-5-15(2)27)13-20(29-3)23(18)30-17-10-8-16(24)9-11-17/h7-13H,4-6H2,1-3H3,(H,26,28). The van der Waals surface area contributed by atoms with Gasteiger partial charge in [0.2, 0.25) is 5.91 Å². The molecule has 0 aliphatic rings. The summed E-state index contributed by atoms with van der Waals surface area (Å²) in [7, 11) is 1.54. The molecular weight excluding hydrogens is 404 g/mol. The molecule has 3 aromatic rings. The van der Waals surface area contributed by atoms with Crippen LogP contribution in [0, 0.1) is 6.92 Å². The number of anilines is 1. The second kappa shape index (κ2) is 9.59. The first-order valence-corrected chi connectivity index (χ1v) is 9.96. The third kappa shape index (κ3) is 5.27. The third-order valence-electron chi connectivity index (χ3n) is 4.49. The van der Waals surface area contributed by atoms with Gasteiger partial charge in [-0.25, -0.2) is 0 Å². The van der Waals surface area contributed by atoms with Crippen LogP contribution in [0.1, 0.15) is 31.9 Å². The van der Waals surface area contributed by atoms with E-state index in [2.05, 4.69) is 10.3 Å². The second-order valence-corrected chi connectivity index (χ2v) is 7.40. The van der Waals surface area contributed by atoms with Crippen LogP contribution >= 0.6 is 11.6 Å². The summed E-state index contributed by atoms with van der Waals surface area (Å²) in [5, 5.41) is 4.21. The van der Waals surface area contributed by atoms with E-state index in [-0.39, 0.29) is 18.1 Å². The van der Waals surface area contributed by atoms with Crippen LogP contribution in [0.15, 0.2) is 42.5 Å². The number of ether oxygens (including phenoxy) is 2. The van der Waals surface area contributed by atoms with Crippen molar-refractivity contribution in [3.05, 3.63) is 53.2 Å². The average molecular weight is 427 g/mol. The van der Waals surface area contributed by atoms with Gasteiger partial charge in [-0.1, -0.05) is 11.6 Å². The number of fused-ring (bicyclic) bond motifs is 1. The molecule has 0 unspecified atom stereocenters. The van der Waals surface area contributed by atoms with Crippen LogP contribution in [0.3, 0.4) is 0 Å². The average Bonchev–Trinajstić information content (AvgIpc) is 2.70. The predicted molar refractivity (Wildman–Crippen MR) is 118 cm³/mol. The van der Waals surface area contributed by atoms with Gasteiger partial charge in [0.1, 0.15) is 11.5 Å². The van der Waals surface area contributed by atoms with Gasteiger partial charge in [-0.3, -0.25) is 9.78 Å². The van der Waals surface area contributed by atoms with Gasteiger partial charge in [-0.2, -0.15) is 0 Å². The lowest BCUT2D eigenvalue weighted by Gasteiger charge is -2.17. The summed E-state index contributed by atoms with van der Waals surface area (Å²) in [5.41, 5.74) is 1.93. The van der Waals surface area contributed by atoms with Gasteiger partial charge in [0, 0.05) is 35.0 Å². The van der Waals surface area contributed by atoms with Crippen LogP contribution in [-0.2, 0) is 9.59 Å². The summed E-state index contributed by atoms with van der Waals surface area (Å²) >= 11 is 5.96. The van der Waals surface area contributed by atoms with Gasteiger partial charge >= 0.3 is 0 Å². The van der Waals surface area contributed by atoms with Crippen LogP contribution < -0.4 is 14.8 Å². The molecule has 1 heterocycles. The number of aryl methyl sites for hydroxylation is 1. The Hall–Kier alpha value is -3.12. The number of Topliss-reactive ketones (excluding diaryl/α,β-unsaturated/α-hetero) is 1. The van der Waals surface area contributed by atoms with Crippen LogP contribution in [0.5, 0.6) is 17.2 Å². The van der Waals surface area contributed by atoms with Crippen molar-refractivity contribution < 1.29 is 19.1 Å². The molecule has 3 rings (SSSR count). The molecule has 0 bridgehead atoms. The Morgan fingerprint density at radius 3 is 2.50 bits per heavy atom. The van der Waals surface area contributed by atoms with Gasteiger partial charge in [0.25, 0.3) is 0 Å². The van der Waals surface area contributed by atoms with Crippen molar-refractivity contribution in [2.75, 3.05) is 12.4 Å². The van der Waals surface area contributed by atoms with E-state index in [1.54, 1.807) is 30.3 Å². The van der Waals surface area contributed by atoms with Gasteiger partial charge < -0.3 is 19.6 Å². The van der Waals surface area contributed by atoms with E-state index in [1.165, 1.54) is 14.0 Å². The summed E-state index contributed by atoms with van der Waals surface area (Å²) in [4.78, 5) is 28.1. The van der Waals surface area contributed by atoms with Crippen LogP contribution in [0.4, 0.5) is 5.69 Å². The topological polar surface area (TPSA) is 77.5 Å². The molecule has 0 aliphatic heterocycles. The van der Waals surface area contributed by atoms with Crippen molar-refractivity contribution in [1.29, 1.82) is 0 Å². The fraction of sp³-hybridized carbons (Fsp3) is 0.261. The van der Waals surface area contributed by atoms with E-state index >= 15 is 0 Å². The summed E-state index contributed by atoms with van der Waals surface area (Å²) < 4.78 is 11.6. The molecule has 1 amide bonds. The monoisotopic (exact) mass is 426 g/mol. The third-order valence-corrected chi connectivity index (χ3v) is 4.75. The number of benzene rings is 2. The van der Waals surface area contributed by atoms with E-state index in [1.807, 2.05) is 19.1 Å². The minimum Gasteiger partial charge on any atom is -0.493 e. The van der Waals surface area contributed by atoms with E-state index in [0.717, 1.165) is 5.69 Å². The number of hydrogen-bond donors (Lipinski definition) is 1. The lowest BCUT2D eigenvalue weighted by atomic mass is 10.1. The fourth-order valence-corrected chi connectivity index (χ4v) is 3.15. The first-order valence-electron chi connectivity index (χ1n) is 9.58. The first-order chi connectivity index (χ1) is 14.4. The van der Waals surface area contributed by atoms with Crippen molar-refractivity contribution in [3.8, 4) is 17.2 Å². The molecular formula is C23H23ClN2O4. The molecule has 0 saturated carbocycles. The summed E-state index contributed by atoms with van der Waals surface area (Å²) in [5.74, 6) is 1.44. The van der Waals surface area contributed by atoms with E-state index in [0.29, 0.717) is 51.7 Å². The maximum absolute atomic E-state index is 12.4. The lowest BCUT2D eigenvalue weighted by molar-refractivity contribution is -0.117. The Balaban J connectivity index is 1.98. The highest BCUT2D eigenvalue weighted by Gasteiger charge is 2.18. The minimum absolute atomic E-state index is 0.0657. The lowest BCUT2D eigenvalue weighted by Crippen LogP contribution is -2.12. The number of nitrogens with one attached hydrogen (secondary N) is 1. The molecule has 0 spiro atoms. The Bertz CT molecular complexity index is 1080. The second-order valence-electron chi connectivity index (χ2n) is 6.96. The normalized spacial score (nSPS) is 10.7. The van der Waals surface area contributed by atoms with Gasteiger partial charge in [0.15, 0.2) is 11.5 Å². The van der Waals surface area contributed by atoms with Gasteiger partial charge in [-0.05, 0) is 56.7 Å². The number of hydrogen-bond acceptors (Lipinski definition) is 5. The summed E-state index contributed by atoms with van der Waals surface area (Å²) in [6.07, 6.45) is 1.13. The predicted octanol–water partition coefficient (Wildman–Crippen LogP) is 5.70. The smallest absolute Gasteiger partial charge is 0.224 e. The number of aromatic nitrogens is 1. The fourth-order valence-electron chi connectivity index (χ4n) is 3.03. The highest BCUT2D eigenvalue weighted by Crippen LogP contribution is 2.42. The molecule has 0 aliphatic carbocycles. The molecule has 6 nitrogen and oxygen atoms in total. The van der Waals surface area contributed by atoms with Gasteiger partial charge in [-0.15, -0.1) is 0 Å². The molecule has 0 radical (unpaired) electrons. The Labute approximate surface area is 180 Å². The molecule has 156 valence electrons. The number of nitrogens with zero attached hydrogens (tertiary/aromatic N) is 1. The molecule has 30 heavy (non-hydrogen) atoms. The number of pyridine rings is 1. The molecule has 1 N–H and O–H groups in total. The number of ketones is 1. The molecule has 7 heteroatoms. The first kappa shape index (κ1) is 21.6.